The Morgan fingerprint density at radius 3 is 2.52 bits per heavy atom. The fourth-order valence-corrected chi connectivity index (χ4v) is 4.18. The Labute approximate surface area is 123 Å². The van der Waals surface area contributed by atoms with Gasteiger partial charge in [0.1, 0.15) is 6.04 Å². The van der Waals surface area contributed by atoms with Crippen LogP contribution in [0.4, 0.5) is 16.2 Å². The number of benzene rings is 1. The fraction of sp³-hybridized carbons (Fsp3) is 0.500. The molecule has 0 spiro atoms. The molecule has 1 saturated carbocycles. The summed E-state index contributed by atoms with van der Waals surface area (Å²) in [6, 6.07) is 6.80. The SMILES string of the molecule is Nc1ccc(N2C(=O)C3CC4CCCCC4N3C2=O)cc1. The van der Waals surface area contributed by atoms with E-state index in [9.17, 15) is 9.59 Å². The Balaban J connectivity index is 1.66. The molecule has 110 valence electrons. The predicted octanol–water partition coefficient (Wildman–Crippen LogP) is 2.37. The maximum Gasteiger partial charge on any atom is 0.332 e. The Bertz CT molecular complexity index is 598. The van der Waals surface area contributed by atoms with Crippen molar-refractivity contribution in [2.24, 2.45) is 5.92 Å². The number of fused-ring (bicyclic) bond motifs is 3. The van der Waals surface area contributed by atoms with Crippen molar-refractivity contribution in [1.82, 2.24) is 4.90 Å². The number of imide groups is 1. The monoisotopic (exact) mass is 285 g/mol. The number of carbonyl (C=O) groups excluding carboxylic acids is 2. The van der Waals surface area contributed by atoms with E-state index in [1.807, 2.05) is 4.90 Å². The number of nitrogen functional groups attached to an aromatic ring is 1. The highest BCUT2D eigenvalue weighted by Crippen LogP contribution is 2.44. The molecule has 0 aromatic heterocycles. The fourth-order valence-electron chi connectivity index (χ4n) is 4.18. The highest BCUT2D eigenvalue weighted by Gasteiger charge is 2.55. The van der Waals surface area contributed by atoms with E-state index in [0.29, 0.717) is 17.3 Å². The highest BCUT2D eigenvalue weighted by molar-refractivity contribution is 6.21. The minimum absolute atomic E-state index is 0.0702. The van der Waals surface area contributed by atoms with Crippen molar-refractivity contribution in [3.05, 3.63) is 24.3 Å². The van der Waals surface area contributed by atoms with Crippen LogP contribution in [0.2, 0.25) is 0 Å². The first kappa shape index (κ1) is 12.7. The Kier molecular flexibility index (Phi) is 2.71. The summed E-state index contributed by atoms with van der Waals surface area (Å²) in [5, 5.41) is 0. The van der Waals surface area contributed by atoms with Gasteiger partial charge in [0.25, 0.3) is 5.91 Å². The summed E-state index contributed by atoms with van der Waals surface area (Å²) in [4.78, 5) is 28.6. The van der Waals surface area contributed by atoms with E-state index in [2.05, 4.69) is 0 Å². The van der Waals surface area contributed by atoms with E-state index in [0.717, 1.165) is 25.7 Å². The number of nitrogens with zero attached hydrogens (tertiary/aromatic N) is 2. The minimum atomic E-state index is -0.247. The lowest BCUT2D eigenvalue weighted by Crippen LogP contribution is -2.41. The number of nitrogens with two attached hydrogens (primary N) is 1. The second kappa shape index (κ2) is 4.48. The second-order valence-electron chi connectivity index (χ2n) is 6.32. The van der Waals surface area contributed by atoms with Gasteiger partial charge in [-0.2, -0.15) is 0 Å². The number of hydrogen-bond donors (Lipinski definition) is 1. The van der Waals surface area contributed by atoms with E-state index in [1.165, 1.54) is 11.3 Å². The molecule has 2 N–H and O–H groups in total. The summed E-state index contributed by atoms with van der Waals surface area (Å²) < 4.78 is 0. The van der Waals surface area contributed by atoms with Crippen molar-refractivity contribution in [3.63, 3.8) is 0 Å². The Hall–Kier alpha value is -2.04. The Morgan fingerprint density at radius 2 is 1.76 bits per heavy atom. The maximum atomic E-state index is 12.7. The zero-order chi connectivity index (χ0) is 14.6. The minimum Gasteiger partial charge on any atom is -0.399 e. The van der Waals surface area contributed by atoms with Crippen LogP contribution in [0.3, 0.4) is 0 Å². The van der Waals surface area contributed by atoms with Crippen LogP contribution in [-0.4, -0.2) is 28.9 Å². The van der Waals surface area contributed by atoms with Crippen LogP contribution in [0.15, 0.2) is 24.3 Å². The van der Waals surface area contributed by atoms with Gasteiger partial charge >= 0.3 is 6.03 Å². The topological polar surface area (TPSA) is 66.6 Å². The van der Waals surface area contributed by atoms with Crippen molar-refractivity contribution < 1.29 is 9.59 Å². The number of carbonyl (C=O) groups is 2. The maximum absolute atomic E-state index is 12.7. The van der Waals surface area contributed by atoms with Crippen molar-refractivity contribution in [3.8, 4) is 0 Å². The first-order valence-corrected chi connectivity index (χ1v) is 7.68. The largest absolute Gasteiger partial charge is 0.399 e. The first-order chi connectivity index (χ1) is 10.2. The quantitative estimate of drug-likeness (QED) is 0.636. The molecule has 3 unspecified atom stereocenters. The van der Waals surface area contributed by atoms with Crippen molar-refractivity contribution in [2.75, 3.05) is 10.6 Å². The molecule has 0 radical (unpaired) electrons. The molecule has 2 heterocycles. The molecule has 4 rings (SSSR count). The van der Waals surface area contributed by atoms with Crippen LogP contribution in [0.25, 0.3) is 0 Å². The standard InChI is InChI=1S/C16H19N3O2/c17-11-5-7-12(8-6-11)18-15(20)14-9-10-3-1-2-4-13(10)19(14)16(18)21/h5-8,10,13-14H,1-4,9,17H2. The van der Waals surface area contributed by atoms with Crippen LogP contribution in [0.5, 0.6) is 0 Å². The number of anilines is 2. The van der Waals surface area contributed by atoms with Gasteiger partial charge in [-0.1, -0.05) is 12.8 Å². The number of rotatable bonds is 1. The molecule has 3 atom stereocenters. The lowest BCUT2D eigenvalue weighted by atomic mass is 9.84. The van der Waals surface area contributed by atoms with Gasteiger partial charge in [0.15, 0.2) is 0 Å². The van der Waals surface area contributed by atoms with Gasteiger partial charge in [-0.05, 0) is 49.4 Å². The number of amides is 3. The molecule has 2 aliphatic heterocycles. The second-order valence-corrected chi connectivity index (χ2v) is 6.32. The van der Waals surface area contributed by atoms with E-state index in [4.69, 9.17) is 5.73 Å². The van der Waals surface area contributed by atoms with Crippen LogP contribution < -0.4 is 10.6 Å². The molecule has 3 aliphatic rings. The molecule has 3 amide bonds. The van der Waals surface area contributed by atoms with Crippen molar-refractivity contribution in [1.29, 1.82) is 0 Å². The lowest BCUT2D eigenvalue weighted by Gasteiger charge is -2.30. The van der Waals surface area contributed by atoms with Crippen LogP contribution in [0.1, 0.15) is 32.1 Å². The van der Waals surface area contributed by atoms with Crippen LogP contribution >= 0.6 is 0 Å². The van der Waals surface area contributed by atoms with Gasteiger partial charge in [-0.15, -0.1) is 0 Å². The Morgan fingerprint density at radius 1 is 1.05 bits per heavy atom. The number of urea groups is 1. The summed E-state index contributed by atoms with van der Waals surface area (Å²) in [5.41, 5.74) is 6.93. The normalized spacial score (nSPS) is 31.5. The molecular formula is C16H19N3O2. The first-order valence-electron chi connectivity index (χ1n) is 7.68. The summed E-state index contributed by atoms with van der Waals surface area (Å²) in [6.45, 7) is 0. The average Bonchev–Trinajstić information content (AvgIpc) is 2.98. The van der Waals surface area contributed by atoms with E-state index in [-0.39, 0.29) is 24.0 Å². The van der Waals surface area contributed by atoms with Gasteiger partial charge in [0.05, 0.1) is 5.69 Å². The summed E-state index contributed by atoms with van der Waals surface area (Å²) in [7, 11) is 0. The van der Waals surface area contributed by atoms with E-state index >= 15 is 0 Å². The van der Waals surface area contributed by atoms with E-state index < -0.39 is 0 Å². The molecule has 1 aromatic rings. The smallest absolute Gasteiger partial charge is 0.332 e. The molecule has 5 nitrogen and oxygen atoms in total. The number of hydrogen-bond acceptors (Lipinski definition) is 3. The summed E-state index contributed by atoms with van der Waals surface area (Å²) in [6.07, 6.45) is 5.41. The van der Waals surface area contributed by atoms with Crippen LogP contribution in [-0.2, 0) is 4.79 Å². The third-order valence-electron chi connectivity index (χ3n) is 5.16. The van der Waals surface area contributed by atoms with E-state index in [1.54, 1.807) is 24.3 Å². The van der Waals surface area contributed by atoms with Gasteiger partial charge in [0.2, 0.25) is 0 Å². The van der Waals surface area contributed by atoms with Gasteiger partial charge in [-0.25, -0.2) is 9.69 Å². The molecule has 1 aromatic carbocycles. The predicted molar refractivity (Wildman–Crippen MR) is 79.7 cm³/mol. The molecule has 21 heavy (non-hydrogen) atoms. The summed E-state index contributed by atoms with van der Waals surface area (Å²) in [5.74, 6) is 0.449. The zero-order valence-electron chi connectivity index (χ0n) is 11.9. The van der Waals surface area contributed by atoms with Gasteiger partial charge < -0.3 is 10.6 Å². The highest BCUT2D eigenvalue weighted by atomic mass is 16.2. The molecule has 5 heteroatoms. The average molecular weight is 285 g/mol. The van der Waals surface area contributed by atoms with Crippen molar-refractivity contribution >= 4 is 23.3 Å². The third kappa shape index (κ3) is 1.76. The lowest BCUT2D eigenvalue weighted by molar-refractivity contribution is -0.119. The van der Waals surface area contributed by atoms with Gasteiger partial charge in [0, 0.05) is 11.7 Å². The molecule has 1 aliphatic carbocycles. The molecule has 3 fully saturated rings. The molecular weight excluding hydrogens is 266 g/mol. The van der Waals surface area contributed by atoms with Crippen molar-refractivity contribution in [2.45, 2.75) is 44.2 Å². The van der Waals surface area contributed by atoms with Crippen LogP contribution in [0, 0.1) is 5.92 Å². The zero-order valence-corrected chi connectivity index (χ0v) is 11.9. The van der Waals surface area contributed by atoms with Gasteiger partial charge in [-0.3, -0.25) is 4.79 Å². The third-order valence-corrected chi connectivity index (χ3v) is 5.16. The summed E-state index contributed by atoms with van der Waals surface area (Å²) >= 11 is 0. The molecule has 0 bridgehead atoms. The molecule has 2 saturated heterocycles.